The highest BCUT2D eigenvalue weighted by molar-refractivity contribution is 5.39. The van der Waals surface area contributed by atoms with E-state index in [1.165, 1.54) is 36.0 Å². The Hall–Kier alpha value is -1.60. The Labute approximate surface area is 128 Å². The summed E-state index contributed by atoms with van der Waals surface area (Å²) in [6.07, 6.45) is 3.69. The highest BCUT2D eigenvalue weighted by Gasteiger charge is 2.30. The van der Waals surface area contributed by atoms with Crippen LogP contribution >= 0.6 is 0 Å². The third-order valence-corrected chi connectivity index (χ3v) is 4.71. The molecule has 1 heteroatoms. The Morgan fingerprint density at radius 2 is 1.76 bits per heavy atom. The van der Waals surface area contributed by atoms with Gasteiger partial charge in [-0.1, -0.05) is 67.9 Å². The van der Waals surface area contributed by atoms with Crippen molar-refractivity contribution in [3.8, 4) is 0 Å². The van der Waals surface area contributed by atoms with Gasteiger partial charge < -0.3 is 0 Å². The monoisotopic (exact) mass is 279 g/mol. The van der Waals surface area contributed by atoms with Crippen molar-refractivity contribution in [3.63, 3.8) is 0 Å². The van der Waals surface area contributed by atoms with E-state index < -0.39 is 0 Å². The Balaban J connectivity index is 2.03. The molecule has 0 saturated heterocycles. The minimum absolute atomic E-state index is 0.415. The second-order valence-electron chi connectivity index (χ2n) is 6.14. The lowest BCUT2D eigenvalue weighted by Crippen LogP contribution is -2.41. The largest absolute Gasteiger partial charge is 0.289 e. The summed E-state index contributed by atoms with van der Waals surface area (Å²) < 4.78 is 0. The molecule has 2 unspecified atom stereocenters. The fourth-order valence-corrected chi connectivity index (χ4v) is 3.65. The molecule has 1 aliphatic rings. The summed E-state index contributed by atoms with van der Waals surface area (Å²) in [7, 11) is 0. The standard InChI is InChI=1S/C20H25N/c1-3-9-16(2)21-15-14-17-10-7-8-13-19(17)20(21)18-11-5-4-6-12-18/h4-8,10-13,16,20H,3,9,14-15H2,1-2H3. The van der Waals surface area contributed by atoms with E-state index in [4.69, 9.17) is 0 Å². The van der Waals surface area contributed by atoms with Crippen molar-refractivity contribution < 1.29 is 0 Å². The van der Waals surface area contributed by atoms with Crippen LogP contribution in [0.3, 0.4) is 0 Å². The number of fused-ring (bicyclic) bond motifs is 1. The minimum atomic E-state index is 0.415. The van der Waals surface area contributed by atoms with Crippen LogP contribution in [-0.2, 0) is 6.42 Å². The zero-order valence-electron chi connectivity index (χ0n) is 13.1. The van der Waals surface area contributed by atoms with E-state index >= 15 is 0 Å². The first-order valence-corrected chi connectivity index (χ1v) is 8.19. The normalized spacial score (nSPS) is 20.0. The summed E-state index contributed by atoms with van der Waals surface area (Å²) in [5.74, 6) is 0. The maximum Gasteiger partial charge on any atom is 0.0606 e. The predicted octanol–water partition coefficient (Wildman–Crippen LogP) is 4.82. The van der Waals surface area contributed by atoms with Crippen LogP contribution < -0.4 is 0 Å². The van der Waals surface area contributed by atoms with Crippen LogP contribution in [0.15, 0.2) is 54.6 Å². The van der Waals surface area contributed by atoms with E-state index in [0.29, 0.717) is 12.1 Å². The summed E-state index contributed by atoms with van der Waals surface area (Å²) >= 11 is 0. The van der Waals surface area contributed by atoms with Crippen molar-refractivity contribution in [2.24, 2.45) is 0 Å². The van der Waals surface area contributed by atoms with E-state index in [-0.39, 0.29) is 0 Å². The number of rotatable bonds is 4. The lowest BCUT2D eigenvalue weighted by Gasteiger charge is -2.41. The number of hydrogen-bond donors (Lipinski definition) is 0. The van der Waals surface area contributed by atoms with Gasteiger partial charge in [0.15, 0.2) is 0 Å². The fourth-order valence-electron chi connectivity index (χ4n) is 3.65. The van der Waals surface area contributed by atoms with Crippen LogP contribution in [0.5, 0.6) is 0 Å². The van der Waals surface area contributed by atoms with Crippen molar-refractivity contribution in [3.05, 3.63) is 71.3 Å². The average molecular weight is 279 g/mol. The van der Waals surface area contributed by atoms with Crippen molar-refractivity contribution in [2.45, 2.75) is 45.2 Å². The maximum absolute atomic E-state index is 2.70. The number of benzene rings is 2. The van der Waals surface area contributed by atoms with Gasteiger partial charge in [-0.05, 0) is 36.5 Å². The second-order valence-corrected chi connectivity index (χ2v) is 6.14. The van der Waals surface area contributed by atoms with Gasteiger partial charge in [0.1, 0.15) is 0 Å². The van der Waals surface area contributed by atoms with E-state index in [1.54, 1.807) is 0 Å². The molecule has 0 radical (unpaired) electrons. The average Bonchev–Trinajstić information content (AvgIpc) is 2.55. The molecule has 1 heterocycles. The summed E-state index contributed by atoms with van der Waals surface area (Å²) in [6.45, 7) is 5.83. The molecule has 0 N–H and O–H groups in total. The van der Waals surface area contributed by atoms with E-state index in [0.717, 1.165) is 6.54 Å². The van der Waals surface area contributed by atoms with E-state index in [2.05, 4.69) is 73.3 Å². The maximum atomic E-state index is 2.70. The van der Waals surface area contributed by atoms with Crippen LogP contribution in [0, 0.1) is 0 Å². The molecule has 0 aromatic heterocycles. The van der Waals surface area contributed by atoms with Gasteiger partial charge in [-0.15, -0.1) is 0 Å². The molecular weight excluding hydrogens is 254 g/mol. The lowest BCUT2D eigenvalue weighted by molar-refractivity contribution is 0.148. The Morgan fingerprint density at radius 1 is 1.05 bits per heavy atom. The quantitative estimate of drug-likeness (QED) is 0.775. The van der Waals surface area contributed by atoms with Gasteiger partial charge in [0.25, 0.3) is 0 Å². The SMILES string of the molecule is CCCC(C)N1CCc2ccccc2C1c1ccccc1. The Kier molecular flexibility index (Phi) is 4.40. The van der Waals surface area contributed by atoms with Gasteiger partial charge in [0, 0.05) is 12.6 Å². The van der Waals surface area contributed by atoms with Crippen molar-refractivity contribution in [1.82, 2.24) is 4.90 Å². The predicted molar refractivity (Wildman–Crippen MR) is 89.5 cm³/mol. The first-order chi connectivity index (χ1) is 10.3. The van der Waals surface area contributed by atoms with Crippen LogP contribution in [0.1, 0.15) is 49.4 Å². The van der Waals surface area contributed by atoms with Crippen molar-refractivity contribution in [1.29, 1.82) is 0 Å². The second kappa shape index (κ2) is 6.44. The topological polar surface area (TPSA) is 3.24 Å². The number of nitrogens with zero attached hydrogens (tertiary/aromatic N) is 1. The molecule has 2 atom stereocenters. The fraction of sp³-hybridized carbons (Fsp3) is 0.400. The summed E-state index contributed by atoms with van der Waals surface area (Å²) in [4.78, 5) is 2.70. The van der Waals surface area contributed by atoms with Gasteiger partial charge in [0.05, 0.1) is 6.04 Å². The zero-order valence-corrected chi connectivity index (χ0v) is 13.1. The van der Waals surface area contributed by atoms with E-state index in [9.17, 15) is 0 Å². The molecule has 0 aliphatic carbocycles. The Bertz CT molecular complexity index is 575. The van der Waals surface area contributed by atoms with Crippen LogP contribution in [0.4, 0.5) is 0 Å². The zero-order chi connectivity index (χ0) is 14.7. The smallest absolute Gasteiger partial charge is 0.0606 e. The summed E-state index contributed by atoms with van der Waals surface area (Å²) in [5.41, 5.74) is 4.44. The van der Waals surface area contributed by atoms with Gasteiger partial charge in [-0.3, -0.25) is 4.90 Å². The first-order valence-electron chi connectivity index (χ1n) is 8.19. The van der Waals surface area contributed by atoms with Crippen LogP contribution in [-0.4, -0.2) is 17.5 Å². The molecule has 0 fully saturated rings. The van der Waals surface area contributed by atoms with Gasteiger partial charge in [-0.2, -0.15) is 0 Å². The molecule has 0 saturated carbocycles. The summed E-state index contributed by atoms with van der Waals surface area (Å²) in [6, 6.07) is 21.0. The molecule has 21 heavy (non-hydrogen) atoms. The third kappa shape index (κ3) is 2.89. The molecule has 110 valence electrons. The van der Waals surface area contributed by atoms with Crippen LogP contribution in [0.2, 0.25) is 0 Å². The van der Waals surface area contributed by atoms with Gasteiger partial charge >= 0.3 is 0 Å². The molecule has 0 bridgehead atoms. The highest BCUT2D eigenvalue weighted by Crippen LogP contribution is 2.36. The highest BCUT2D eigenvalue weighted by atomic mass is 15.2. The van der Waals surface area contributed by atoms with Gasteiger partial charge in [0.2, 0.25) is 0 Å². The molecule has 0 spiro atoms. The molecule has 2 aromatic carbocycles. The first kappa shape index (κ1) is 14.3. The van der Waals surface area contributed by atoms with Crippen LogP contribution in [0.25, 0.3) is 0 Å². The number of hydrogen-bond acceptors (Lipinski definition) is 1. The molecule has 1 nitrogen and oxygen atoms in total. The molecule has 0 amide bonds. The third-order valence-electron chi connectivity index (χ3n) is 4.71. The molecular formula is C20H25N. The summed E-state index contributed by atoms with van der Waals surface area (Å²) in [5, 5.41) is 0. The molecule has 2 aromatic rings. The Morgan fingerprint density at radius 3 is 2.52 bits per heavy atom. The molecule has 1 aliphatic heterocycles. The lowest BCUT2D eigenvalue weighted by atomic mass is 9.87. The van der Waals surface area contributed by atoms with Crippen molar-refractivity contribution >= 4 is 0 Å². The van der Waals surface area contributed by atoms with Gasteiger partial charge in [-0.25, -0.2) is 0 Å². The van der Waals surface area contributed by atoms with E-state index in [1.807, 2.05) is 0 Å². The molecule has 3 rings (SSSR count). The van der Waals surface area contributed by atoms with Crippen molar-refractivity contribution in [2.75, 3.05) is 6.54 Å². The minimum Gasteiger partial charge on any atom is -0.289 e.